The lowest BCUT2D eigenvalue weighted by molar-refractivity contribution is -0.133. The van der Waals surface area contributed by atoms with Crippen LogP contribution in [0.25, 0.3) is 0 Å². The monoisotopic (exact) mass is 325 g/mol. The molecule has 0 N–H and O–H groups in total. The molecule has 1 atom stereocenters. The Morgan fingerprint density at radius 3 is 2.95 bits per heavy atom. The summed E-state index contributed by atoms with van der Waals surface area (Å²) in [4.78, 5) is 32.4. The van der Waals surface area contributed by atoms with Crippen LogP contribution in [0, 0.1) is 0 Å². The van der Waals surface area contributed by atoms with Crippen LogP contribution in [0.1, 0.15) is 20.3 Å². The van der Waals surface area contributed by atoms with Gasteiger partial charge in [0.1, 0.15) is 6.04 Å². The number of amides is 2. The molecule has 1 aromatic heterocycles. The van der Waals surface area contributed by atoms with Gasteiger partial charge in [-0.3, -0.25) is 14.5 Å². The summed E-state index contributed by atoms with van der Waals surface area (Å²) in [7, 11) is 1.71. The number of hydrogen-bond donors (Lipinski definition) is 0. The van der Waals surface area contributed by atoms with Crippen LogP contribution >= 0.6 is 23.1 Å². The third-order valence-corrected chi connectivity index (χ3v) is 5.17. The Morgan fingerprint density at radius 1 is 1.57 bits per heavy atom. The Bertz CT molecular complexity index is 542. The zero-order valence-electron chi connectivity index (χ0n) is 12.4. The quantitative estimate of drug-likeness (QED) is 0.798. The minimum Gasteiger partial charge on any atom is -0.317 e. The van der Waals surface area contributed by atoms with E-state index in [2.05, 4.69) is 4.98 Å². The van der Waals surface area contributed by atoms with Crippen LogP contribution in [-0.2, 0) is 9.59 Å². The SMILES string of the molecule is CC/C=C(/C)C(=O)N1CSC[C@H]1C(=O)N(C)c1nccs1. The third-order valence-electron chi connectivity index (χ3n) is 3.31. The molecule has 1 aromatic rings. The summed E-state index contributed by atoms with van der Waals surface area (Å²) in [6.45, 7) is 3.80. The second-order valence-electron chi connectivity index (χ2n) is 4.80. The summed E-state index contributed by atoms with van der Waals surface area (Å²) in [6.07, 6.45) is 4.39. The first kappa shape index (κ1) is 16.0. The second kappa shape index (κ2) is 7.09. The van der Waals surface area contributed by atoms with Crippen LogP contribution in [-0.4, -0.2) is 46.4 Å². The minimum atomic E-state index is -0.406. The number of nitrogens with zero attached hydrogens (tertiary/aromatic N) is 3. The lowest BCUT2D eigenvalue weighted by Gasteiger charge is -2.26. The molecule has 1 aliphatic rings. The predicted molar refractivity (Wildman–Crippen MR) is 87.5 cm³/mol. The fraction of sp³-hybridized carbons (Fsp3) is 0.500. The summed E-state index contributed by atoms with van der Waals surface area (Å²) in [5.41, 5.74) is 0.703. The van der Waals surface area contributed by atoms with Crippen molar-refractivity contribution in [2.45, 2.75) is 26.3 Å². The lowest BCUT2D eigenvalue weighted by atomic mass is 10.2. The first-order valence-electron chi connectivity index (χ1n) is 6.78. The molecule has 1 fully saturated rings. The number of rotatable bonds is 4. The van der Waals surface area contributed by atoms with Crippen molar-refractivity contribution in [2.75, 3.05) is 23.6 Å². The summed E-state index contributed by atoms with van der Waals surface area (Å²) < 4.78 is 0. The van der Waals surface area contributed by atoms with E-state index in [0.29, 0.717) is 22.3 Å². The standard InChI is InChI=1S/C14H19N3O2S2/c1-4-5-10(2)12(18)17-9-20-8-11(17)13(19)16(3)14-15-6-7-21-14/h5-7,11H,4,8-9H2,1-3H3/b10-5-/t11-/m0/s1. The fourth-order valence-corrected chi connectivity index (χ4v) is 3.93. The van der Waals surface area contributed by atoms with E-state index in [0.717, 1.165) is 6.42 Å². The van der Waals surface area contributed by atoms with Crippen molar-refractivity contribution in [3.63, 3.8) is 0 Å². The molecule has 2 rings (SSSR count). The number of likely N-dealkylation sites (N-methyl/N-ethyl adjacent to an activating group) is 1. The van der Waals surface area contributed by atoms with E-state index in [9.17, 15) is 9.59 Å². The highest BCUT2D eigenvalue weighted by molar-refractivity contribution is 7.99. The number of hydrogen-bond acceptors (Lipinski definition) is 5. The maximum Gasteiger partial charge on any atom is 0.252 e. The van der Waals surface area contributed by atoms with Crippen LogP contribution in [0.2, 0.25) is 0 Å². The Hall–Kier alpha value is -1.34. The van der Waals surface area contributed by atoms with Crippen LogP contribution in [0.15, 0.2) is 23.2 Å². The number of thioether (sulfide) groups is 1. The molecule has 0 aromatic carbocycles. The smallest absolute Gasteiger partial charge is 0.252 e. The average Bonchev–Trinajstić information content (AvgIpc) is 3.15. The van der Waals surface area contributed by atoms with Crippen LogP contribution in [0.5, 0.6) is 0 Å². The summed E-state index contributed by atoms with van der Waals surface area (Å²) >= 11 is 3.03. The van der Waals surface area contributed by atoms with Gasteiger partial charge in [0.2, 0.25) is 0 Å². The molecule has 0 unspecified atom stereocenters. The van der Waals surface area contributed by atoms with E-state index < -0.39 is 6.04 Å². The molecular formula is C14H19N3O2S2. The number of thiazole rings is 1. The first-order chi connectivity index (χ1) is 10.1. The highest BCUT2D eigenvalue weighted by Crippen LogP contribution is 2.26. The highest BCUT2D eigenvalue weighted by Gasteiger charge is 2.37. The molecule has 21 heavy (non-hydrogen) atoms. The van der Waals surface area contributed by atoms with Crippen molar-refractivity contribution in [3.05, 3.63) is 23.2 Å². The average molecular weight is 325 g/mol. The Balaban J connectivity index is 2.13. The van der Waals surface area contributed by atoms with Gasteiger partial charge in [-0.15, -0.1) is 23.1 Å². The molecule has 0 saturated carbocycles. The molecule has 0 radical (unpaired) electrons. The molecular weight excluding hydrogens is 306 g/mol. The number of aromatic nitrogens is 1. The molecule has 0 bridgehead atoms. The van der Waals surface area contributed by atoms with Gasteiger partial charge in [-0.2, -0.15) is 0 Å². The van der Waals surface area contributed by atoms with Crippen molar-refractivity contribution in [1.82, 2.24) is 9.88 Å². The Labute approximate surface area is 133 Å². The van der Waals surface area contributed by atoms with Crippen molar-refractivity contribution >= 4 is 40.0 Å². The van der Waals surface area contributed by atoms with E-state index >= 15 is 0 Å². The Morgan fingerprint density at radius 2 is 2.33 bits per heavy atom. The predicted octanol–water partition coefficient (Wildman–Crippen LogP) is 2.36. The van der Waals surface area contributed by atoms with Crippen LogP contribution in [0.4, 0.5) is 5.13 Å². The van der Waals surface area contributed by atoms with Crippen molar-refractivity contribution in [2.24, 2.45) is 0 Å². The first-order valence-corrected chi connectivity index (χ1v) is 8.82. The van der Waals surface area contributed by atoms with Gasteiger partial charge in [0.05, 0.1) is 5.88 Å². The van der Waals surface area contributed by atoms with E-state index in [1.54, 1.807) is 41.7 Å². The maximum atomic E-state index is 12.6. The maximum absolute atomic E-state index is 12.6. The molecule has 1 aliphatic heterocycles. The number of carbonyl (C=O) groups is 2. The summed E-state index contributed by atoms with van der Waals surface area (Å²) in [5, 5.41) is 2.49. The zero-order valence-corrected chi connectivity index (χ0v) is 14.0. The van der Waals surface area contributed by atoms with Gasteiger partial charge in [0, 0.05) is 30.0 Å². The molecule has 114 valence electrons. The van der Waals surface area contributed by atoms with E-state index in [4.69, 9.17) is 0 Å². The molecule has 2 amide bonds. The summed E-state index contributed by atoms with van der Waals surface area (Å²) in [6, 6.07) is -0.406. The van der Waals surface area contributed by atoms with E-state index in [1.807, 2.05) is 18.4 Å². The van der Waals surface area contributed by atoms with Crippen LogP contribution < -0.4 is 4.90 Å². The molecule has 2 heterocycles. The van der Waals surface area contributed by atoms with Gasteiger partial charge in [0.15, 0.2) is 5.13 Å². The molecule has 0 aliphatic carbocycles. The van der Waals surface area contributed by atoms with Gasteiger partial charge < -0.3 is 4.90 Å². The van der Waals surface area contributed by atoms with Crippen molar-refractivity contribution < 1.29 is 9.59 Å². The number of allylic oxidation sites excluding steroid dienone is 1. The molecule has 7 heteroatoms. The van der Waals surface area contributed by atoms with Crippen LogP contribution in [0.3, 0.4) is 0 Å². The van der Waals surface area contributed by atoms with Gasteiger partial charge in [0.25, 0.3) is 11.8 Å². The molecule has 0 spiro atoms. The van der Waals surface area contributed by atoms with Crippen molar-refractivity contribution in [1.29, 1.82) is 0 Å². The molecule has 5 nitrogen and oxygen atoms in total. The topological polar surface area (TPSA) is 53.5 Å². The fourth-order valence-electron chi connectivity index (χ4n) is 2.17. The molecule has 1 saturated heterocycles. The lowest BCUT2D eigenvalue weighted by Crippen LogP contribution is -2.48. The zero-order chi connectivity index (χ0) is 15.4. The number of anilines is 1. The van der Waals surface area contributed by atoms with Gasteiger partial charge in [-0.05, 0) is 13.3 Å². The second-order valence-corrected chi connectivity index (χ2v) is 6.67. The highest BCUT2D eigenvalue weighted by atomic mass is 32.2. The minimum absolute atomic E-state index is 0.0484. The van der Waals surface area contributed by atoms with Crippen molar-refractivity contribution in [3.8, 4) is 0 Å². The third kappa shape index (κ3) is 3.47. The van der Waals surface area contributed by atoms with Gasteiger partial charge in [-0.1, -0.05) is 13.0 Å². The largest absolute Gasteiger partial charge is 0.317 e. The normalized spacial score (nSPS) is 18.9. The number of carbonyl (C=O) groups excluding carboxylic acids is 2. The van der Waals surface area contributed by atoms with E-state index in [1.165, 1.54) is 11.3 Å². The van der Waals surface area contributed by atoms with E-state index in [-0.39, 0.29) is 11.8 Å². The van der Waals surface area contributed by atoms with Gasteiger partial charge in [-0.25, -0.2) is 4.98 Å². The summed E-state index contributed by atoms with van der Waals surface area (Å²) in [5.74, 6) is 1.08. The van der Waals surface area contributed by atoms with Gasteiger partial charge >= 0.3 is 0 Å². The Kier molecular flexibility index (Phi) is 5.41.